The van der Waals surface area contributed by atoms with Crippen molar-refractivity contribution in [2.75, 3.05) is 13.2 Å². The third kappa shape index (κ3) is 4.09. The normalized spacial score (nSPS) is 21.8. The van der Waals surface area contributed by atoms with Crippen LogP contribution in [0, 0.1) is 0 Å². The van der Waals surface area contributed by atoms with Gasteiger partial charge in [-0.2, -0.15) is 0 Å². The first-order chi connectivity index (χ1) is 8.97. The SMILES string of the molecule is CCCCOC(=O)N[C@@H]1C(=O)N(OCC(=O)O)[C@H]1C. The molecule has 0 saturated carbocycles. The van der Waals surface area contributed by atoms with E-state index in [9.17, 15) is 14.4 Å². The Balaban J connectivity index is 2.31. The third-order valence-corrected chi connectivity index (χ3v) is 2.67. The van der Waals surface area contributed by atoms with Gasteiger partial charge >= 0.3 is 12.1 Å². The highest BCUT2D eigenvalue weighted by molar-refractivity contribution is 5.91. The minimum absolute atomic E-state index is 0.302. The summed E-state index contributed by atoms with van der Waals surface area (Å²) in [5.41, 5.74) is 0. The van der Waals surface area contributed by atoms with Crippen molar-refractivity contribution in [2.45, 2.75) is 38.8 Å². The van der Waals surface area contributed by atoms with E-state index >= 15 is 0 Å². The highest BCUT2D eigenvalue weighted by atomic mass is 16.7. The first kappa shape index (κ1) is 15.2. The van der Waals surface area contributed by atoms with E-state index in [1.165, 1.54) is 0 Å². The Morgan fingerprint density at radius 3 is 2.68 bits per heavy atom. The molecule has 0 spiro atoms. The van der Waals surface area contributed by atoms with E-state index in [1.54, 1.807) is 6.92 Å². The molecule has 0 aromatic rings. The minimum atomic E-state index is -1.17. The highest BCUT2D eigenvalue weighted by Crippen LogP contribution is 2.20. The van der Waals surface area contributed by atoms with Gasteiger partial charge in [0.05, 0.1) is 12.6 Å². The van der Waals surface area contributed by atoms with Gasteiger partial charge in [-0.05, 0) is 13.3 Å². The van der Waals surface area contributed by atoms with Crippen molar-refractivity contribution in [1.29, 1.82) is 0 Å². The van der Waals surface area contributed by atoms with Gasteiger partial charge in [0, 0.05) is 0 Å². The van der Waals surface area contributed by atoms with E-state index < -0.39 is 36.7 Å². The molecule has 1 aliphatic heterocycles. The quantitative estimate of drug-likeness (QED) is 0.505. The van der Waals surface area contributed by atoms with Crippen LogP contribution in [0.3, 0.4) is 0 Å². The largest absolute Gasteiger partial charge is 0.479 e. The number of carboxylic acid groups (broad SMARTS) is 1. The molecule has 1 rings (SSSR count). The summed E-state index contributed by atoms with van der Waals surface area (Å²) in [7, 11) is 0. The zero-order valence-corrected chi connectivity index (χ0v) is 10.9. The van der Waals surface area contributed by atoms with Crippen molar-refractivity contribution in [3.63, 3.8) is 0 Å². The van der Waals surface area contributed by atoms with Crippen molar-refractivity contribution < 1.29 is 29.1 Å². The van der Waals surface area contributed by atoms with Gasteiger partial charge in [0.15, 0.2) is 6.61 Å². The van der Waals surface area contributed by atoms with Gasteiger partial charge in [-0.3, -0.25) is 9.63 Å². The predicted molar refractivity (Wildman–Crippen MR) is 63.1 cm³/mol. The Morgan fingerprint density at radius 1 is 1.47 bits per heavy atom. The molecular formula is C11H18N2O6. The van der Waals surface area contributed by atoms with Gasteiger partial charge in [0.1, 0.15) is 6.04 Å². The van der Waals surface area contributed by atoms with Gasteiger partial charge in [0.25, 0.3) is 5.91 Å². The molecule has 2 amide bonds. The fourth-order valence-electron chi connectivity index (χ4n) is 1.56. The molecule has 2 atom stereocenters. The average Bonchev–Trinajstić information content (AvgIpc) is 2.36. The second-order valence-corrected chi connectivity index (χ2v) is 4.18. The molecule has 1 saturated heterocycles. The lowest BCUT2D eigenvalue weighted by Gasteiger charge is -2.43. The number of hydrogen-bond donors (Lipinski definition) is 2. The van der Waals surface area contributed by atoms with E-state index in [-0.39, 0.29) is 0 Å². The number of carbonyl (C=O) groups is 3. The Labute approximate surface area is 110 Å². The number of rotatable bonds is 7. The Bertz CT molecular complexity index is 359. The summed E-state index contributed by atoms with van der Waals surface area (Å²) < 4.78 is 4.86. The number of nitrogens with one attached hydrogen (secondary N) is 1. The zero-order chi connectivity index (χ0) is 14.4. The van der Waals surface area contributed by atoms with Gasteiger partial charge in [-0.25, -0.2) is 14.7 Å². The van der Waals surface area contributed by atoms with Crippen molar-refractivity contribution in [2.24, 2.45) is 0 Å². The molecule has 1 aliphatic rings. The smallest absolute Gasteiger partial charge is 0.407 e. The zero-order valence-electron chi connectivity index (χ0n) is 10.9. The summed E-state index contributed by atoms with van der Waals surface area (Å²) in [4.78, 5) is 38.0. The highest BCUT2D eigenvalue weighted by Gasteiger charge is 2.47. The first-order valence-electron chi connectivity index (χ1n) is 6.08. The standard InChI is InChI=1S/C11H18N2O6/c1-3-4-5-18-11(17)12-9-7(2)13(10(9)16)19-6-8(14)15/h7,9H,3-6H2,1-2H3,(H,12,17)(H,14,15)/t7-,9-/m0/s1. The summed E-state index contributed by atoms with van der Waals surface area (Å²) in [6.45, 7) is 3.32. The molecule has 0 aromatic heterocycles. The number of amides is 2. The fraction of sp³-hybridized carbons (Fsp3) is 0.727. The number of hydrogen-bond acceptors (Lipinski definition) is 5. The van der Waals surface area contributed by atoms with E-state index in [4.69, 9.17) is 14.7 Å². The van der Waals surface area contributed by atoms with Crippen molar-refractivity contribution in [3.05, 3.63) is 0 Å². The van der Waals surface area contributed by atoms with Gasteiger partial charge in [-0.1, -0.05) is 13.3 Å². The average molecular weight is 274 g/mol. The molecule has 8 nitrogen and oxygen atoms in total. The number of aliphatic carboxylic acids is 1. The van der Waals surface area contributed by atoms with Crippen LogP contribution in [0.1, 0.15) is 26.7 Å². The number of unbranched alkanes of at least 4 members (excludes halogenated alkanes) is 1. The maximum Gasteiger partial charge on any atom is 0.407 e. The van der Waals surface area contributed by atoms with Crippen LogP contribution >= 0.6 is 0 Å². The van der Waals surface area contributed by atoms with Crippen LogP contribution in [0.25, 0.3) is 0 Å². The molecule has 108 valence electrons. The van der Waals surface area contributed by atoms with Crippen LogP contribution < -0.4 is 5.32 Å². The molecule has 0 aromatic carbocycles. The molecule has 1 fully saturated rings. The van der Waals surface area contributed by atoms with Crippen LogP contribution in [0.5, 0.6) is 0 Å². The molecule has 8 heteroatoms. The summed E-state index contributed by atoms with van der Waals surface area (Å²) in [5.74, 6) is -1.66. The van der Waals surface area contributed by atoms with Gasteiger partial charge in [0.2, 0.25) is 0 Å². The Hall–Kier alpha value is -1.83. The Morgan fingerprint density at radius 2 is 2.16 bits per heavy atom. The molecule has 2 N–H and O–H groups in total. The molecule has 0 bridgehead atoms. The monoisotopic (exact) mass is 274 g/mol. The van der Waals surface area contributed by atoms with Crippen molar-refractivity contribution >= 4 is 18.0 Å². The number of carboxylic acids is 1. The molecular weight excluding hydrogens is 256 g/mol. The van der Waals surface area contributed by atoms with Gasteiger partial charge in [-0.15, -0.1) is 0 Å². The fourth-order valence-corrected chi connectivity index (χ4v) is 1.56. The molecule has 1 heterocycles. The summed E-state index contributed by atoms with van der Waals surface area (Å²) in [6, 6.07) is -1.16. The lowest BCUT2D eigenvalue weighted by molar-refractivity contribution is -0.233. The summed E-state index contributed by atoms with van der Waals surface area (Å²) >= 11 is 0. The number of ether oxygens (including phenoxy) is 1. The van der Waals surface area contributed by atoms with E-state index in [0.717, 1.165) is 17.9 Å². The van der Waals surface area contributed by atoms with Crippen LogP contribution in [0.4, 0.5) is 4.79 Å². The number of β-lactam (4-membered cyclic amide) rings is 1. The van der Waals surface area contributed by atoms with Crippen LogP contribution in [-0.2, 0) is 19.2 Å². The maximum atomic E-state index is 11.6. The number of nitrogens with zero attached hydrogens (tertiary/aromatic N) is 1. The Kier molecular flexibility index (Phi) is 5.56. The second-order valence-electron chi connectivity index (χ2n) is 4.18. The molecule has 0 radical (unpaired) electrons. The predicted octanol–water partition coefficient (Wildman–Crippen LogP) is 0.128. The van der Waals surface area contributed by atoms with Crippen LogP contribution in [0.15, 0.2) is 0 Å². The molecule has 0 unspecified atom stereocenters. The van der Waals surface area contributed by atoms with Gasteiger partial charge < -0.3 is 15.2 Å². The second kappa shape index (κ2) is 6.93. The number of alkyl carbamates (subject to hydrolysis) is 1. The number of hydroxylamine groups is 2. The topological polar surface area (TPSA) is 105 Å². The van der Waals surface area contributed by atoms with Crippen molar-refractivity contribution in [3.8, 4) is 0 Å². The lowest BCUT2D eigenvalue weighted by Crippen LogP contribution is -2.69. The van der Waals surface area contributed by atoms with Crippen LogP contribution in [-0.4, -0.2) is 53.4 Å². The van der Waals surface area contributed by atoms with E-state index in [0.29, 0.717) is 6.61 Å². The van der Waals surface area contributed by atoms with Crippen LogP contribution in [0.2, 0.25) is 0 Å². The minimum Gasteiger partial charge on any atom is -0.479 e. The maximum absolute atomic E-state index is 11.6. The molecule has 0 aliphatic carbocycles. The molecule has 19 heavy (non-hydrogen) atoms. The lowest BCUT2D eigenvalue weighted by atomic mass is 10.0. The third-order valence-electron chi connectivity index (χ3n) is 2.67. The summed E-state index contributed by atoms with van der Waals surface area (Å²) in [6.07, 6.45) is 1.01. The first-order valence-corrected chi connectivity index (χ1v) is 6.08. The van der Waals surface area contributed by atoms with E-state index in [2.05, 4.69) is 5.32 Å². The summed E-state index contributed by atoms with van der Waals surface area (Å²) in [5, 5.41) is 11.8. The number of carbonyl (C=O) groups excluding carboxylic acids is 2. The van der Waals surface area contributed by atoms with E-state index in [1.807, 2.05) is 6.92 Å². The van der Waals surface area contributed by atoms with Crippen molar-refractivity contribution in [1.82, 2.24) is 10.4 Å².